The Bertz CT molecular complexity index is 488. The number of benzene rings is 1. The van der Waals surface area contributed by atoms with E-state index in [1.165, 1.54) is 0 Å². The van der Waals surface area contributed by atoms with Gasteiger partial charge in [-0.15, -0.1) is 0 Å². The highest BCUT2D eigenvalue weighted by Crippen LogP contribution is 2.12. The van der Waals surface area contributed by atoms with Gasteiger partial charge in [-0.2, -0.15) is 0 Å². The number of nitrogens with zero attached hydrogens (tertiary/aromatic N) is 1. The van der Waals surface area contributed by atoms with Crippen LogP contribution in [0.3, 0.4) is 0 Å². The average Bonchev–Trinajstić information content (AvgIpc) is 2.64. The zero-order valence-corrected chi connectivity index (χ0v) is 7.36. The van der Waals surface area contributed by atoms with Gasteiger partial charge in [-0.3, -0.25) is 4.79 Å². The zero-order chi connectivity index (χ0) is 9.97. The number of ketones is 1. The van der Waals surface area contributed by atoms with E-state index >= 15 is 0 Å². The Morgan fingerprint density at radius 2 is 2.36 bits per heavy atom. The number of aromatic amines is 1. The molecule has 1 aromatic heterocycles. The zero-order valence-electron chi connectivity index (χ0n) is 7.36. The van der Waals surface area contributed by atoms with Crippen molar-refractivity contribution in [3.63, 3.8) is 0 Å². The van der Waals surface area contributed by atoms with Gasteiger partial charge in [0.1, 0.15) is 6.29 Å². The van der Waals surface area contributed by atoms with Crippen LogP contribution in [0.25, 0.3) is 11.0 Å². The van der Waals surface area contributed by atoms with E-state index in [2.05, 4.69) is 9.97 Å². The molecular formula is C10H8N2O2. The van der Waals surface area contributed by atoms with E-state index in [-0.39, 0.29) is 12.2 Å². The first-order valence-corrected chi connectivity index (χ1v) is 4.21. The topological polar surface area (TPSA) is 62.8 Å². The maximum atomic E-state index is 11.3. The summed E-state index contributed by atoms with van der Waals surface area (Å²) in [6, 6.07) is 5.13. The third-order valence-electron chi connectivity index (χ3n) is 2.01. The normalized spacial score (nSPS) is 10.3. The molecule has 0 aliphatic heterocycles. The van der Waals surface area contributed by atoms with Crippen molar-refractivity contribution < 1.29 is 9.59 Å². The highest BCUT2D eigenvalue weighted by atomic mass is 16.1. The fraction of sp³-hybridized carbons (Fsp3) is 0.100. The van der Waals surface area contributed by atoms with E-state index in [1.54, 1.807) is 24.5 Å². The molecule has 4 heteroatoms. The summed E-state index contributed by atoms with van der Waals surface area (Å²) in [5, 5.41) is 0. The minimum atomic E-state index is -0.170. The second kappa shape index (κ2) is 3.41. The maximum absolute atomic E-state index is 11.3. The summed E-state index contributed by atoms with van der Waals surface area (Å²) in [6.45, 7) is 0. The number of aldehydes is 1. The van der Waals surface area contributed by atoms with Crippen molar-refractivity contribution in [2.75, 3.05) is 0 Å². The van der Waals surface area contributed by atoms with E-state index in [4.69, 9.17) is 0 Å². The number of hydrogen-bond donors (Lipinski definition) is 1. The van der Waals surface area contributed by atoms with E-state index in [1.807, 2.05) is 0 Å². The molecule has 0 aliphatic carbocycles. The summed E-state index contributed by atoms with van der Waals surface area (Å²) < 4.78 is 0. The molecule has 0 spiro atoms. The Hall–Kier alpha value is -1.97. The molecule has 0 saturated heterocycles. The van der Waals surface area contributed by atoms with E-state index in [9.17, 15) is 9.59 Å². The van der Waals surface area contributed by atoms with Gasteiger partial charge in [-0.1, -0.05) is 0 Å². The number of H-pyrrole nitrogens is 1. The van der Waals surface area contributed by atoms with Crippen LogP contribution in [0.4, 0.5) is 0 Å². The summed E-state index contributed by atoms with van der Waals surface area (Å²) >= 11 is 0. The third kappa shape index (κ3) is 1.42. The molecular weight excluding hydrogens is 180 g/mol. The quantitative estimate of drug-likeness (QED) is 0.449. The number of carbonyl (C=O) groups is 2. The SMILES string of the molecule is O=CCC(=O)c1ccc2nc[nH]c2c1. The molecule has 1 heterocycles. The van der Waals surface area contributed by atoms with Crippen molar-refractivity contribution in [3.8, 4) is 0 Å². The Balaban J connectivity index is 2.43. The van der Waals surface area contributed by atoms with Crippen molar-refractivity contribution in [1.29, 1.82) is 0 Å². The molecule has 14 heavy (non-hydrogen) atoms. The number of imidazole rings is 1. The number of nitrogens with one attached hydrogen (secondary N) is 1. The highest BCUT2D eigenvalue weighted by molar-refractivity contribution is 6.04. The second-order valence-electron chi connectivity index (χ2n) is 2.93. The van der Waals surface area contributed by atoms with Crippen molar-refractivity contribution in [1.82, 2.24) is 9.97 Å². The molecule has 4 nitrogen and oxygen atoms in total. The van der Waals surface area contributed by atoms with Gasteiger partial charge in [-0.25, -0.2) is 4.98 Å². The van der Waals surface area contributed by atoms with Crippen LogP contribution in [0.5, 0.6) is 0 Å². The van der Waals surface area contributed by atoms with Crippen molar-refractivity contribution >= 4 is 23.1 Å². The predicted octanol–water partition coefficient (Wildman–Crippen LogP) is 1.33. The van der Waals surface area contributed by atoms with E-state index in [0.717, 1.165) is 11.0 Å². The summed E-state index contributed by atoms with van der Waals surface area (Å²) in [5.41, 5.74) is 2.16. The molecule has 0 amide bonds. The maximum Gasteiger partial charge on any atom is 0.170 e. The van der Waals surface area contributed by atoms with Crippen LogP contribution in [0.15, 0.2) is 24.5 Å². The molecule has 0 saturated carbocycles. The van der Waals surface area contributed by atoms with Crippen LogP contribution in [0.2, 0.25) is 0 Å². The first-order chi connectivity index (χ1) is 6.81. The van der Waals surface area contributed by atoms with Crippen LogP contribution in [0, 0.1) is 0 Å². The highest BCUT2D eigenvalue weighted by Gasteiger charge is 2.06. The van der Waals surface area contributed by atoms with Crippen LogP contribution in [-0.4, -0.2) is 22.0 Å². The number of fused-ring (bicyclic) bond motifs is 1. The number of carbonyl (C=O) groups excluding carboxylic acids is 2. The van der Waals surface area contributed by atoms with E-state index < -0.39 is 0 Å². The third-order valence-corrected chi connectivity index (χ3v) is 2.01. The summed E-state index contributed by atoms with van der Waals surface area (Å²) in [4.78, 5) is 28.4. The molecule has 1 aromatic carbocycles. The average molecular weight is 188 g/mol. The Morgan fingerprint density at radius 3 is 3.14 bits per heavy atom. The molecule has 0 radical (unpaired) electrons. The van der Waals surface area contributed by atoms with Gasteiger partial charge < -0.3 is 9.78 Å². The smallest absolute Gasteiger partial charge is 0.170 e. The van der Waals surface area contributed by atoms with Gasteiger partial charge in [0.05, 0.1) is 23.8 Å². The standard InChI is InChI=1S/C10H8N2O2/c13-4-3-10(14)7-1-2-8-9(5-7)12-6-11-8/h1-2,4-6H,3H2,(H,11,12). The molecule has 70 valence electrons. The Morgan fingerprint density at radius 1 is 1.50 bits per heavy atom. The second-order valence-corrected chi connectivity index (χ2v) is 2.93. The largest absolute Gasteiger partial charge is 0.345 e. The summed E-state index contributed by atoms with van der Waals surface area (Å²) in [7, 11) is 0. The molecule has 2 aromatic rings. The van der Waals surface area contributed by atoms with Crippen LogP contribution in [-0.2, 0) is 4.79 Å². The number of aromatic nitrogens is 2. The molecule has 1 N–H and O–H groups in total. The van der Waals surface area contributed by atoms with Gasteiger partial charge in [0.2, 0.25) is 0 Å². The van der Waals surface area contributed by atoms with Gasteiger partial charge in [0.15, 0.2) is 5.78 Å². The van der Waals surface area contributed by atoms with Gasteiger partial charge >= 0.3 is 0 Å². The minimum absolute atomic E-state index is 0.0698. The predicted molar refractivity (Wildman–Crippen MR) is 51.1 cm³/mol. The van der Waals surface area contributed by atoms with E-state index in [0.29, 0.717) is 11.8 Å². The number of rotatable bonds is 3. The minimum Gasteiger partial charge on any atom is -0.345 e. The van der Waals surface area contributed by atoms with Crippen molar-refractivity contribution in [2.24, 2.45) is 0 Å². The molecule has 2 rings (SSSR count). The lowest BCUT2D eigenvalue weighted by Crippen LogP contribution is -1.98. The first kappa shape index (κ1) is 8.62. The lowest BCUT2D eigenvalue weighted by molar-refractivity contribution is -0.107. The van der Waals surface area contributed by atoms with Crippen LogP contribution >= 0.6 is 0 Å². The molecule has 0 bridgehead atoms. The molecule has 0 fully saturated rings. The van der Waals surface area contributed by atoms with Crippen molar-refractivity contribution in [3.05, 3.63) is 30.1 Å². The molecule has 0 atom stereocenters. The number of hydrogen-bond acceptors (Lipinski definition) is 3. The van der Waals surface area contributed by atoms with Crippen LogP contribution < -0.4 is 0 Å². The fourth-order valence-corrected chi connectivity index (χ4v) is 1.30. The monoisotopic (exact) mass is 188 g/mol. The number of Topliss-reactive ketones (excluding diaryl/α,β-unsaturated/α-hetero) is 1. The van der Waals surface area contributed by atoms with Gasteiger partial charge in [0.25, 0.3) is 0 Å². The van der Waals surface area contributed by atoms with Gasteiger partial charge in [0, 0.05) is 5.56 Å². The lowest BCUT2D eigenvalue weighted by Gasteiger charge is -1.96. The lowest BCUT2D eigenvalue weighted by atomic mass is 10.1. The summed E-state index contributed by atoms with van der Waals surface area (Å²) in [5.74, 6) is -0.170. The molecule has 0 unspecified atom stereocenters. The van der Waals surface area contributed by atoms with Gasteiger partial charge in [-0.05, 0) is 18.2 Å². The van der Waals surface area contributed by atoms with Crippen LogP contribution in [0.1, 0.15) is 16.8 Å². The Kier molecular flexibility index (Phi) is 2.10. The van der Waals surface area contributed by atoms with Crippen molar-refractivity contribution in [2.45, 2.75) is 6.42 Å². The summed E-state index contributed by atoms with van der Waals surface area (Å²) in [6.07, 6.45) is 2.11. The fourth-order valence-electron chi connectivity index (χ4n) is 1.30. The first-order valence-electron chi connectivity index (χ1n) is 4.21. The Labute approximate surface area is 80.0 Å². The molecule has 0 aliphatic rings.